The molecule has 1 amide bonds. The van der Waals surface area contributed by atoms with Gasteiger partial charge in [0.15, 0.2) is 6.61 Å². The van der Waals surface area contributed by atoms with E-state index in [1.807, 2.05) is 37.3 Å². The molecule has 0 fully saturated rings. The molecule has 138 valence electrons. The molecule has 0 saturated carbocycles. The number of carboxylic acids is 1. The predicted octanol–water partition coefficient (Wildman–Crippen LogP) is 3.05. The quantitative estimate of drug-likeness (QED) is 0.639. The highest BCUT2D eigenvalue weighted by atomic mass is 16.5. The summed E-state index contributed by atoms with van der Waals surface area (Å²) < 4.78 is 10.8. The number of ether oxygens (including phenoxy) is 2. The van der Waals surface area contributed by atoms with Crippen LogP contribution in [0.2, 0.25) is 0 Å². The minimum absolute atomic E-state index is 0.00923. The average Bonchev–Trinajstić information content (AvgIpc) is 2.66. The number of aliphatic carboxylic acids is 1. The van der Waals surface area contributed by atoms with Gasteiger partial charge in [0.1, 0.15) is 5.75 Å². The molecule has 6 heteroatoms. The second kappa shape index (κ2) is 10.2. The first-order valence-electron chi connectivity index (χ1n) is 8.45. The van der Waals surface area contributed by atoms with Crippen molar-refractivity contribution in [3.8, 4) is 5.75 Å². The Morgan fingerprint density at radius 1 is 1.12 bits per heavy atom. The smallest absolute Gasteiger partial charge is 0.341 e. The Bertz CT molecular complexity index is 717. The second-order valence-corrected chi connectivity index (χ2v) is 5.74. The third-order valence-corrected chi connectivity index (χ3v) is 3.70. The third kappa shape index (κ3) is 6.57. The lowest BCUT2D eigenvalue weighted by molar-refractivity contribution is -0.139. The lowest BCUT2D eigenvalue weighted by Gasteiger charge is -2.13. The first kappa shape index (κ1) is 19.5. The first-order chi connectivity index (χ1) is 12.6. The lowest BCUT2D eigenvalue weighted by Crippen LogP contribution is -2.25. The number of rotatable bonds is 10. The molecule has 0 saturated heterocycles. The van der Waals surface area contributed by atoms with Crippen molar-refractivity contribution < 1.29 is 24.2 Å². The molecule has 0 bridgehead atoms. The molecule has 1 unspecified atom stereocenters. The van der Waals surface area contributed by atoms with Crippen molar-refractivity contribution in [2.24, 2.45) is 0 Å². The van der Waals surface area contributed by atoms with Crippen LogP contribution < -0.4 is 10.1 Å². The number of amides is 1. The molecule has 6 nitrogen and oxygen atoms in total. The Morgan fingerprint density at radius 3 is 2.62 bits per heavy atom. The maximum absolute atomic E-state index is 12.1. The van der Waals surface area contributed by atoms with Gasteiger partial charge in [-0.3, -0.25) is 4.79 Å². The molecule has 0 radical (unpaired) electrons. The molecule has 0 aromatic heterocycles. The fourth-order valence-corrected chi connectivity index (χ4v) is 2.33. The van der Waals surface area contributed by atoms with E-state index in [0.717, 1.165) is 5.56 Å². The van der Waals surface area contributed by atoms with Crippen molar-refractivity contribution in [3.63, 3.8) is 0 Å². The molecule has 0 spiro atoms. The Hall–Kier alpha value is -2.86. The van der Waals surface area contributed by atoms with Crippen LogP contribution in [0.25, 0.3) is 0 Å². The van der Waals surface area contributed by atoms with Crippen LogP contribution in [0.3, 0.4) is 0 Å². The molecule has 26 heavy (non-hydrogen) atoms. The zero-order chi connectivity index (χ0) is 18.8. The molecular formula is C20H23NO5. The normalized spacial score (nSPS) is 11.6. The fourth-order valence-electron chi connectivity index (χ4n) is 2.33. The highest BCUT2D eigenvalue weighted by Gasteiger charge is 2.08. The summed E-state index contributed by atoms with van der Waals surface area (Å²) in [5.41, 5.74) is 1.54. The van der Waals surface area contributed by atoms with E-state index in [1.54, 1.807) is 18.2 Å². The topological polar surface area (TPSA) is 84.9 Å². The Labute approximate surface area is 152 Å². The summed E-state index contributed by atoms with van der Waals surface area (Å²) in [6.07, 6.45) is 0.702. The highest BCUT2D eigenvalue weighted by Crippen LogP contribution is 2.16. The van der Waals surface area contributed by atoms with Crippen LogP contribution in [0.15, 0.2) is 54.6 Å². The van der Waals surface area contributed by atoms with E-state index in [9.17, 15) is 9.59 Å². The average molecular weight is 357 g/mol. The Morgan fingerprint density at radius 2 is 1.88 bits per heavy atom. The van der Waals surface area contributed by atoms with Crippen molar-refractivity contribution in [2.45, 2.75) is 19.4 Å². The van der Waals surface area contributed by atoms with E-state index >= 15 is 0 Å². The minimum Gasteiger partial charge on any atom is -0.482 e. The number of hydrogen-bond acceptors (Lipinski definition) is 4. The van der Waals surface area contributed by atoms with E-state index in [1.165, 1.54) is 6.07 Å². The molecule has 0 aliphatic rings. The maximum atomic E-state index is 12.1. The van der Waals surface area contributed by atoms with Gasteiger partial charge in [-0.1, -0.05) is 36.4 Å². The largest absolute Gasteiger partial charge is 0.482 e. The zero-order valence-electron chi connectivity index (χ0n) is 14.7. The fraction of sp³-hybridized carbons (Fsp3) is 0.300. The monoisotopic (exact) mass is 357 g/mol. The number of hydrogen-bond donors (Lipinski definition) is 2. The van der Waals surface area contributed by atoms with Gasteiger partial charge < -0.3 is 19.9 Å². The Balaban J connectivity index is 1.70. The minimum atomic E-state index is -1.07. The van der Waals surface area contributed by atoms with E-state index in [-0.39, 0.29) is 12.0 Å². The van der Waals surface area contributed by atoms with Crippen LogP contribution in [0.5, 0.6) is 5.75 Å². The lowest BCUT2D eigenvalue weighted by atomic mass is 10.1. The molecule has 1 atom stereocenters. The summed E-state index contributed by atoms with van der Waals surface area (Å²) in [5, 5.41) is 11.4. The molecular weight excluding hydrogens is 334 g/mol. The van der Waals surface area contributed by atoms with Gasteiger partial charge in [0.2, 0.25) is 0 Å². The van der Waals surface area contributed by atoms with Crippen LogP contribution in [0.1, 0.15) is 35.4 Å². The predicted molar refractivity (Wildman–Crippen MR) is 97.3 cm³/mol. The molecule has 0 aliphatic carbocycles. The van der Waals surface area contributed by atoms with Gasteiger partial charge in [-0.2, -0.15) is 0 Å². The van der Waals surface area contributed by atoms with Crippen molar-refractivity contribution >= 4 is 11.9 Å². The Kier molecular flexibility index (Phi) is 7.64. The van der Waals surface area contributed by atoms with Gasteiger partial charge in [0.25, 0.3) is 5.91 Å². The summed E-state index contributed by atoms with van der Waals surface area (Å²) >= 11 is 0. The maximum Gasteiger partial charge on any atom is 0.341 e. The van der Waals surface area contributed by atoms with Crippen LogP contribution in [-0.2, 0) is 9.53 Å². The zero-order valence-corrected chi connectivity index (χ0v) is 14.7. The van der Waals surface area contributed by atoms with Crippen molar-refractivity contribution in [1.29, 1.82) is 0 Å². The van der Waals surface area contributed by atoms with Gasteiger partial charge in [-0.05, 0) is 37.1 Å². The molecule has 2 rings (SSSR count). The molecule has 0 heterocycles. The number of carbonyl (C=O) groups is 2. The third-order valence-electron chi connectivity index (χ3n) is 3.70. The first-order valence-corrected chi connectivity index (χ1v) is 8.45. The summed E-state index contributed by atoms with van der Waals surface area (Å²) in [5.74, 6) is -0.952. The SMILES string of the molecule is CC(OCCCNC(=O)c1cccc(OCC(=O)O)c1)c1ccccc1. The summed E-state index contributed by atoms with van der Waals surface area (Å²) in [6, 6.07) is 16.4. The summed E-state index contributed by atoms with van der Waals surface area (Å²) in [7, 11) is 0. The summed E-state index contributed by atoms with van der Waals surface area (Å²) in [6.45, 7) is 2.58. The van der Waals surface area contributed by atoms with Crippen LogP contribution >= 0.6 is 0 Å². The van der Waals surface area contributed by atoms with Gasteiger partial charge in [0.05, 0.1) is 6.10 Å². The number of carbonyl (C=O) groups excluding carboxylic acids is 1. The van der Waals surface area contributed by atoms with Crippen LogP contribution in [-0.4, -0.2) is 36.7 Å². The molecule has 2 N–H and O–H groups in total. The van der Waals surface area contributed by atoms with E-state index in [4.69, 9.17) is 14.6 Å². The van der Waals surface area contributed by atoms with Gasteiger partial charge in [0, 0.05) is 18.7 Å². The van der Waals surface area contributed by atoms with Crippen LogP contribution in [0, 0.1) is 0 Å². The van der Waals surface area contributed by atoms with Gasteiger partial charge in [-0.15, -0.1) is 0 Å². The highest BCUT2D eigenvalue weighted by molar-refractivity contribution is 5.94. The number of benzene rings is 2. The van der Waals surface area contributed by atoms with E-state index in [2.05, 4.69) is 5.32 Å². The van der Waals surface area contributed by atoms with Crippen molar-refractivity contribution in [1.82, 2.24) is 5.32 Å². The van der Waals surface area contributed by atoms with E-state index < -0.39 is 12.6 Å². The van der Waals surface area contributed by atoms with Crippen LogP contribution in [0.4, 0.5) is 0 Å². The van der Waals surface area contributed by atoms with Crippen molar-refractivity contribution in [2.75, 3.05) is 19.8 Å². The second-order valence-electron chi connectivity index (χ2n) is 5.74. The number of nitrogens with one attached hydrogen (secondary N) is 1. The molecule has 2 aromatic rings. The summed E-state index contributed by atoms with van der Waals surface area (Å²) in [4.78, 5) is 22.6. The molecule has 2 aromatic carbocycles. The van der Waals surface area contributed by atoms with Gasteiger partial charge >= 0.3 is 5.97 Å². The van der Waals surface area contributed by atoms with Gasteiger partial charge in [-0.25, -0.2) is 4.79 Å². The van der Waals surface area contributed by atoms with Crippen molar-refractivity contribution in [3.05, 3.63) is 65.7 Å². The van der Waals surface area contributed by atoms with E-state index in [0.29, 0.717) is 30.9 Å². The number of carboxylic acid groups (broad SMARTS) is 1. The molecule has 0 aliphatic heterocycles. The standard InChI is InChI=1S/C20H23NO5/c1-15(16-7-3-2-4-8-16)25-12-6-11-21-20(24)17-9-5-10-18(13-17)26-14-19(22)23/h2-5,7-10,13,15H,6,11-12,14H2,1H3,(H,21,24)(H,22,23).